The maximum Gasteiger partial charge on any atom is 0.494 e. The lowest BCUT2D eigenvalue weighted by Crippen LogP contribution is -2.41. The lowest BCUT2D eigenvalue weighted by Gasteiger charge is -2.33. The monoisotopic (exact) mass is 547 g/mol. The number of nitrogens with zero attached hydrogens (tertiary/aromatic N) is 1. The number of anilines is 3. The minimum absolute atomic E-state index is 0.393. The van der Waals surface area contributed by atoms with E-state index in [1.54, 1.807) is 0 Å². The lowest BCUT2D eigenvalue weighted by molar-refractivity contribution is 0.00578. The van der Waals surface area contributed by atoms with Gasteiger partial charge in [0.1, 0.15) is 0 Å². The lowest BCUT2D eigenvalue weighted by atomic mass is 9.79. The van der Waals surface area contributed by atoms with Gasteiger partial charge in [-0.3, -0.25) is 0 Å². The number of hydrogen-bond donors (Lipinski definition) is 0. The van der Waals surface area contributed by atoms with Gasteiger partial charge in [-0.25, -0.2) is 0 Å². The Balaban J connectivity index is 1.47. The van der Waals surface area contributed by atoms with Crippen molar-refractivity contribution < 1.29 is 14.0 Å². The van der Waals surface area contributed by atoms with Gasteiger partial charge < -0.3 is 18.9 Å². The molecule has 36 heavy (non-hydrogen) atoms. The molecule has 0 amide bonds. The third kappa shape index (κ3) is 4.83. The SMILES string of the molecule is CCCCCCc1ccc(N2c3ccc(Br)cc3Oc3cc(B4OC(C)(C)C(C)(C)O4)ccc32)cc1. The molecular weight excluding hydrogens is 513 g/mol. The number of ether oxygens (including phenoxy) is 1. The summed E-state index contributed by atoms with van der Waals surface area (Å²) in [6.07, 6.45) is 6.24. The van der Waals surface area contributed by atoms with Crippen LogP contribution in [0.25, 0.3) is 0 Å². The summed E-state index contributed by atoms with van der Waals surface area (Å²) in [6.45, 7) is 10.6. The van der Waals surface area contributed by atoms with Crippen LogP contribution in [0.4, 0.5) is 17.1 Å². The first-order chi connectivity index (χ1) is 17.2. The third-order valence-corrected chi connectivity index (χ3v) is 8.14. The van der Waals surface area contributed by atoms with Crippen LogP contribution in [0.15, 0.2) is 65.1 Å². The number of benzene rings is 3. The molecule has 0 unspecified atom stereocenters. The van der Waals surface area contributed by atoms with Crippen molar-refractivity contribution in [3.05, 3.63) is 70.7 Å². The van der Waals surface area contributed by atoms with E-state index in [-0.39, 0.29) is 0 Å². The van der Waals surface area contributed by atoms with Crippen molar-refractivity contribution in [1.82, 2.24) is 0 Å². The van der Waals surface area contributed by atoms with Crippen LogP contribution in [-0.2, 0) is 15.7 Å². The van der Waals surface area contributed by atoms with Gasteiger partial charge >= 0.3 is 7.12 Å². The molecule has 0 radical (unpaired) electrons. The van der Waals surface area contributed by atoms with E-state index >= 15 is 0 Å². The van der Waals surface area contributed by atoms with E-state index in [0.717, 1.165) is 44.9 Å². The summed E-state index contributed by atoms with van der Waals surface area (Å²) < 4.78 is 20.0. The molecule has 188 valence electrons. The Morgan fingerprint density at radius 3 is 2.08 bits per heavy atom. The van der Waals surface area contributed by atoms with Crippen molar-refractivity contribution in [3.63, 3.8) is 0 Å². The summed E-state index contributed by atoms with van der Waals surface area (Å²) >= 11 is 3.61. The van der Waals surface area contributed by atoms with Crippen LogP contribution in [0.2, 0.25) is 0 Å². The van der Waals surface area contributed by atoms with Crippen LogP contribution in [0.5, 0.6) is 11.5 Å². The number of rotatable bonds is 7. The van der Waals surface area contributed by atoms with E-state index in [4.69, 9.17) is 14.0 Å². The minimum atomic E-state index is -0.437. The number of hydrogen-bond acceptors (Lipinski definition) is 4. The highest BCUT2D eigenvalue weighted by Crippen LogP contribution is 2.51. The number of unbranched alkanes of at least 4 members (excludes halogenated alkanes) is 3. The molecule has 0 aliphatic carbocycles. The van der Waals surface area contributed by atoms with Gasteiger partial charge in [0.25, 0.3) is 0 Å². The second kappa shape index (κ2) is 9.88. The molecule has 2 aliphatic heterocycles. The fourth-order valence-electron chi connectivity index (χ4n) is 4.77. The molecule has 0 saturated carbocycles. The molecule has 0 bridgehead atoms. The molecule has 5 rings (SSSR count). The third-order valence-electron chi connectivity index (χ3n) is 7.65. The van der Waals surface area contributed by atoms with Crippen molar-refractivity contribution in [1.29, 1.82) is 0 Å². The topological polar surface area (TPSA) is 30.9 Å². The molecule has 0 N–H and O–H groups in total. The van der Waals surface area contributed by atoms with E-state index in [1.165, 1.54) is 31.2 Å². The zero-order valence-electron chi connectivity index (χ0n) is 21.9. The number of halogens is 1. The highest BCUT2D eigenvalue weighted by molar-refractivity contribution is 9.10. The molecule has 0 spiro atoms. The van der Waals surface area contributed by atoms with Gasteiger partial charge in [-0.2, -0.15) is 0 Å². The van der Waals surface area contributed by atoms with E-state index in [0.29, 0.717) is 0 Å². The van der Waals surface area contributed by atoms with Crippen LogP contribution in [-0.4, -0.2) is 18.3 Å². The van der Waals surface area contributed by atoms with Gasteiger partial charge in [-0.15, -0.1) is 0 Å². The maximum absolute atomic E-state index is 6.43. The van der Waals surface area contributed by atoms with Crippen molar-refractivity contribution in [2.24, 2.45) is 0 Å². The van der Waals surface area contributed by atoms with Gasteiger partial charge in [0.15, 0.2) is 11.5 Å². The van der Waals surface area contributed by atoms with E-state index in [1.807, 2.05) is 6.07 Å². The fraction of sp³-hybridized carbons (Fsp3) is 0.400. The van der Waals surface area contributed by atoms with Crippen molar-refractivity contribution in [2.45, 2.75) is 77.9 Å². The van der Waals surface area contributed by atoms with Crippen molar-refractivity contribution in [3.8, 4) is 11.5 Å². The Hall–Kier alpha value is -2.28. The summed E-state index contributed by atoms with van der Waals surface area (Å²) in [5.74, 6) is 1.60. The van der Waals surface area contributed by atoms with Crippen LogP contribution in [0, 0.1) is 0 Å². The van der Waals surface area contributed by atoms with Crippen molar-refractivity contribution >= 4 is 45.6 Å². The zero-order valence-corrected chi connectivity index (χ0v) is 23.5. The van der Waals surface area contributed by atoms with E-state index in [9.17, 15) is 0 Å². The molecule has 1 fully saturated rings. The molecule has 4 nitrogen and oxygen atoms in total. The van der Waals surface area contributed by atoms with Gasteiger partial charge in [0.2, 0.25) is 0 Å². The second-order valence-corrected chi connectivity index (χ2v) is 11.8. The Morgan fingerprint density at radius 1 is 0.778 bits per heavy atom. The predicted octanol–water partition coefficient (Wildman–Crippen LogP) is 8.45. The molecule has 3 aromatic rings. The maximum atomic E-state index is 6.43. The smallest absolute Gasteiger partial charge is 0.453 e. The average molecular weight is 548 g/mol. The Bertz CT molecular complexity index is 1230. The Morgan fingerprint density at radius 2 is 1.42 bits per heavy atom. The first-order valence-electron chi connectivity index (χ1n) is 13.0. The molecule has 1 saturated heterocycles. The van der Waals surface area contributed by atoms with Crippen molar-refractivity contribution in [2.75, 3.05) is 4.90 Å². The molecule has 2 heterocycles. The summed E-state index contributed by atoms with van der Waals surface area (Å²) in [5.41, 5.74) is 4.69. The highest BCUT2D eigenvalue weighted by Gasteiger charge is 2.52. The standard InChI is InChI=1S/C30H35BBrNO3/c1-6-7-8-9-10-21-11-15-24(16-12-21)33-25-17-13-22(31-35-29(2,3)30(4,5)36-31)19-27(25)34-28-20-23(32)14-18-26(28)33/h11-20H,6-10H2,1-5H3. The van der Waals surface area contributed by atoms with Gasteiger partial charge in [0, 0.05) is 10.2 Å². The predicted molar refractivity (Wildman–Crippen MR) is 152 cm³/mol. The van der Waals surface area contributed by atoms with E-state index in [2.05, 4.69) is 110 Å². The molecular formula is C30H35BBrNO3. The van der Waals surface area contributed by atoms with Crippen LogP contribution in [0.1, 0.15) is 65.9 Å². The first-order valence-corrected chi connectivity index (χ1v) is 13.8. The summed E-state index contributed by atoms with van der Waals surface area (Å²) in [5, 5.41) is 0. The quantitative estimate of drug-likeness (QED) is 0.171. The second-order valence-electron chi connectivity index (χ2n) is 10.8. The summed E-state index contributed by atoms with van der Waals surface area (Å²) in [4.78, 5) is 2.27. The Labute approximate surface area is 224 Å². The van der Waals surface area contributed by atoms with E-state index < -0.39 is 18.3 Å². The summed E-state index contributed by atoms with van der Waals surface area (Å²) in [6, 6.07) is 21.4. The van der Waals surface area contributed by atoms with Crippen LogP contribution in [0.3, 0.4) is 0 Å². The first kappa shape index (κ1) is 25.4. The van der Waals surface area contributed by atoms with Crippen LogP contribution < -0.4 is 15.1 Å². The fourth-order valence-corrected chi connectivity index (χ4v) is 5.11. The van der Waals surface area contributed by atoms with Gasteiger partial charge in [-0.05, 0) is 94.0 Å². The minimum Gasteiger partial charge on any atom is -0.453 e. The summed E-state index contributed by atoms with van der Waals surface area (Å²) in [7, 11) is -0.437. The average Bonchev–Trinajstić information content (AvgIpc) is 3.07. The molecule has 3 aromatic carbocycles. The number of aryl methyl sites for hydroxylation is 1. The molecule has 2 aliphatic rings. The normalized spacial score (nSPS) is 17.5. The molecule has 0 atom stereocenters. The molecule has 6 heteroatoms. The zero-order chi connectivity index (χ0) is 25.5. The van der Waals surface area contributed by atoms with Gasteiger partial charge in [0.05, 0.1) is 22.6 Å². The number of fused-ring (bicyclic) bond motifs is 2. The van der Waals surface area contributed by atoms with Crippen LogP contribution >= 0.6 is 15.9 Å². The highest BCUT2D eigenvalue weighted by atomic mass is 79.9. The largest absolute Gasteiger partial charge is 0.494 e. The van der Waals surface area contributed by atoms with Gasteiger partial charge in [-0.1, -0.05) is 60.3 Å². The molecule has 0 aromatic heterocycles. The Kier molecular flexibility index (Phi) is 6.97.